The molecule has 48 heavy (non-hydrogen) atoms. The number of halogens is 3. The third kappa shape index (κ3) is 5.07. The van der Waals surface area contributed by atoms with Gasteiger partial charge in [-0.2, -0.15) is 21.6 Å². The zero-order chi connectivity index (χ0) is 35.8. The summed E-state index contributed by atoms with van der Waals surface area (Å²) in [7, 11) is -6.43. The molecule has 1 saturated heterocycles. The number of benzene rings is 1. The minimum absolute atomic E-state index is 0.0503. The van der Waals surface area contributed by atoms with E-state index < -0.39 is 111 Å². The smallest absolute Gasteiger partial charge is 0.455 e. The molecule has 0 aromatic heterocycles. The quantitative estimate of drug-likeness (QED) is 0.105. The van der Waals surface area contributed by atoms with Crippen molar-refractivity contribution in [2.45, 2.75) is 94.7 Å². The van der Waals surface area contributed by atoms with Crippen molar-refractivity contribution in [1.29, 1.82) is 0 Å². The summed E-state index contributed by atoms with van der Waals surface area (Å²) in [6, 6.07) is 7.33. The van der Waals surface area contributed by atoms with Gasteiger partial charge in [0.1, 0.15) is 17.8 Å². The number of esters is 2. The zero-order valence-corrected chi connectivity index (χ0v) is 27.3. The van der Waals surface area contributed by atoms with Crippen molar-refractivity contribution in [3.63, 3.8) is 0 Å². The summed E-state index contributed by atoms with van der Waals surface area (Å²) < 4.78 is 93.9. The number of rotatable bonds is 7. The van der Waals surface area contributed by atoms with Gasteiger partial charge in [-0.15, -0.1) is 0 Å². The average molecular weight is 705 g/mol. The first kappa shape index (κ1) is 35.9. The van der Waals surface area contributed by atoms with Crippen LogP contribution in [0, 0.1) is 16.7 Å². The Morgan fingerprint density at radius 3 is 2.27 bits per heavy atom. The van der Waals surface area contributed by atoms with Gasteiger partial charge in [-0.3, -0.25) is 18.6 Å². The van der Waals surface area contributed by atoms with Crippen LogP contribution in [0.1, 0.15) is 57.8 Å². The molecule has 2 saturated carbocycles. The summed E-state index contributed by atoms with van der Waals surface area (Å²) in [6.07, 6.45) is -10.6. The van der Waals surface area contributed by atoms with Crippen LogP contribution in [0.4, 0.5) is 13.2 Å². The molecule has 264 valence electrons. The van der Waals surface area contributed by atoms with Gasteiger partial charge in [0, 0.05) is 25.2 Å². The number of alkyl halides is 3. The number of hydrogen-bond acceptors (Lipinski definition) is 13. The van der Waals surface area contributed by atoms with Crippen LogP contribution < -0.4 is 0 Å². The molecule has 2 N–H and O–H groups in total. The molecule has 1 aromatic rings. The second-order valence-corrected chi connectivity index (χ2v) is 14.9. The van der Waals surface area contributed by atoms with Gasteiger partial charge in [-0.25, -0.2) is 4.79 Å². The van der Waals surface area contributed by atoms with E-state index >= 15 is 0 Å². The average Bonchev–Trinajstić information content (AvgIpc) is 2.98. The normalized spacial score (nSPS) is 37.5. The lowest BCUT2D eigenvalue weighted by Gasteiger charge is -2.67. The predicted molar refractivity (Wildman–Crippen MR) is 154 cm³/mol. The van der Waals surface area contributed by atoms with E-state index in [1.807, 2.05) is 0 Å². The molecule has 1 aliphatic heterocycles. The Bertz CT molecular complexity index is 1660. The molecule has 0 unspecified atom stereocenters. The molecular weight excluding hydrogens is 669 g/mol. The fraction of sp³-hybridized carbons (Fsp3) is 0.613. The lowest BCUT2D eigenvalue weighted by Crippen LogP contribution is -2.82. The number of aliphatic hydroxyl groups excluding tert-OH is 1. The number of fused-ring (bicyclic) bond motifs is 5. The number of carbonyl (C=O) groups excluding carboxylic acids is 4. The molecule has 3 fully saturated rings. The van der Waals surface area contributed by atoms with Gasteiger partial charge >= 0.3 is 27.6 Å². The third-order valence-corrected chi connectivity index (χ3v) is 11.7. The standard InChI is InChI=1S/C31H35F3O13S/c1-15-18(37)12-30(40)25(45-26(39)17-9-7-6-8-10-17)23-28(5,24(38)22(44-14-35)21(15)27(30,3)4)19(47-48(41,42)31(32,33)34)11-20-29(23,13-43-20)46-16(2)36/h6-10,14,18-20,22-23,25,37,40H,11-13H2,1-5H3/t18-,19-,20+,22+,23-,25-,28+,29-,30+/m0/s1. The van der Waals surface area contributed by atoms with Gasteiger partial charge in [0.15, 0.2) is 17.5 Å². The molecule has 4 aliphatic rings. The van der Waals surface area contributed by atoms with E-state index in [-0.39, 0.29) is 23.2 Å². The van der Waals surface area contributed by atoms with Crippen LogP contribution in [-0.4, -0.2) is 96.7 Å². The number of hydrogen-bond donors (Lipinski definition) is 2. The van der Waals surface area contributed by atoms with E-state index in [1.54, 1.807) is 6.07 Å². The molecule has 0 radical (unpaired) electrons. The van der Waals surface area contributed by atoms with Gasteiger partial charge in [0.05, 0.1) is 35.7 Å². The lowest BCUT2D eigenvalue weighted by atomic mass is 9.44. The largest absolute Gasteiger partial charge is 0.523 e. The summed E-state index contributed by atoms with van der Waals surface area (Å²) in [5.74, 6) is -5.17. The first-order chi connectivity index (χ1) is 22.1. The molecule has 17 heteroatoms. The topological polar surface area (TPSA) is 189 Å². The van der Waals surface area contributed by atoms with Gasteiger partial charge < -0.3 is 29.2 Å². The van der Waals surface area contributed by atoms with Gasteiger partial charge in [-0.05, 0) is 37.1 Å². The highest BCUT2D eigenvalue weighted by molar-refractivity contribution is 7.87. The molecule has 2 bridgehead atoms. The molecular formula is C31H35F3O13S. The summed E-state index contributed by atoms with van der Waals surface area (Å²) in [4.78, 5) is 53.3. The van der Waals surface area contributed by atoms with Crippen LogP contribution >= 0.6 is 0 Å². The van der Waals surface area contributed by atoms with E-state index in [1.165, 1.54) is 45.0 Å². The van der Waals surface area contributed by atoms with Crippen molar-refractivity contribution in [2.24, 2.45) is 16.7 Å². The van der Waals surface area contributed by atoms with Crippen LogP contribution in [0.2, 0.25) is 0 Å². The Balaban J connectivity index is 1.88. The molecule has 0 spiro atoms. The highest BCUT2D eigenvalue weighted by Gasteiger charge is 2.79. The first-order valence-electron chi connectivity index (χ1n) is 14.9. The Morgan fingerprint density at radius 2 is 1.75 bits per heavy atom. The van der Waals surface area contributed by atoms with E-state index in [0.717, 1.165) is 13.8 Å². The molecule has 0 amide bonds. The van der Waals surface area contributed by atoms with Gasteiger partial charge in [0.25, 0.3) is 6.47 Å². The predicted octanol–water partition coefficient (Wildman–Crippen LogP) is 2.14. The molecule has 5 rings (SSSR count). The van der Waals surface area contributed by atoms with Crippen LogP contribution in [0.3, 0.4) is 0 Å². The van der Waals surface area contributed by atoms with E-state index in [2.05, 4.69) is 0 Å². The number of ether oxygens (including phenoxy) is 4. The van der Waals surface area contributed by atoms with Crippen molar-refractivity contribution in [3.05, 3.63) is 47.0 Å². The Morgan fingerprint density at radius 1 is 1.12 bits per heavy atom. The summed E-state index contributed by atoms with van der Waals surface area (Å²) >= 11 is 0. The first-order valence-corrected chi connectivity index (χ1v) is 16.3. The highest BCUT2D eigenvalue weighted by atomic mass is 32.2. The number of aliphatic hydroxyl groups is 2. The number of Topliss-reactive ketones (excluding diaryl/α,β-unsaturated/α-hetero) is 1. The van der Waals surface area contributed by atoms with E-state index in [0.29, 0.717) is 0 Å². The maximum Gasteiger partial charge on any atom is 0.523 e. The lowest BCUT2D eigenvalue weighted by molar-refractivity contribution is -0.344. The SMILES string of the molecule is CC(=O)O[C@@]12CO[C@@H]1C[C@H](OS(=O)(=O)C(F)(F)F)[C@@]1(C)C(=O)[C@H](OC=O)C3=C(C)[C@@H](O)C[C@@](O)([C@@H](OC(=O)c4ccccc4)[C@H]21)C3(C)C. The Kier molecular flexibility index (Phi) is 8.69. The minimum atomic E-state index is -6.43. The van der Waals surface area contributed by atoms with Crippen molar-refractivity contribution >= 4 is 34.3 Å². The van der Waals surface area contributed by atoms with Crippen LogP contribution in [0.15, 0.2) is 41.5 Å². The number of ketones is 1. The minimum Gasteiger partial charge on any atom is -0.455 e. The second-order valence-electron chi connectivity index (χ2n) is 13.4. The van der Waals surface area contributed by atoms with Gasteiger partial charge in [-0.1, -0.05) is 32.0 Å². The van der Waals surface area contributed by atoms with Gasteiger partial charge in [0.2, 0.25) is 0 Å². The summed E-state index contributed by atoms with van der Waals surface area (Å²) in [5, 5.41) is 24.2. The third-order valence-electron chi connectivity index (χ3n) is 10.6. The number of carbonyl (C=O) groups is 4. The van der Waals surface area contributed by atoms with Crippen molar-refractivity contribution in [3.8, 4) is 0 Å². The maximum atomic E-state index is 15.0. The Hall–Kier alpha value is -3.38. The summed E-state index contributed by atoms with van der Waals surface area (Å²) in [5.41, 5.74) is -14.9. The highest BCUT2D eigenvalue weighted by Crippen LogP contribution is 2.65. The molecule has 1 heterocycles. The van der Waals surface area contributed by atoms with Crippen LogP contribution in [-0.2, 0) is 47.6 Å². The van der Waals surface area contributed by atoms with E-state index in [9.17, 15) is 51.0 Å². The fourth-order valence-electron chi connectivity index (χ4n) is 8.14. The monoisotopic (exact) mass is 704 g/mol. The van der Waals surface area contributed by atoms with Crippen LogP contribution in [0.5, 0.6) is 0 Å². The molecule has 13 nitrogen and oxygen atoms in total. The molecule has 3 aliphatic carbocycles. The Labute approximate surface area is 273 Å². The van der Waals surface area contributed by atoms with E-state index in [4.69, 9.17) is 23.1 Å². The van der Waals surface area contributed by atoms with Crippen LogP contribution in [0.25, 0.3) is 0 Å². The molecule has 9 atom stereocenters. The fourth-order valence-corrected chi connectivity index (χ4v) is 8.83. The van der Waals surface area contributed by atoms with Crippen molar-refractivity contribution in [1.82, 2.24) is 0 Å². The maximum absolute atomic E-state index is 15.0. The van der Waals surface area contributed by atoms with Crippen molar-refractivity contribution in [2.75, 3.05) is 6.61 Å². The van der Waals surface area contributed by atoms with Crippen molar-refractivity contribution < 1.29 is 74.1 Å². The zero-order valence-electron chi connectivity index (χ0n) is 26.5. The molecule has 1 aromatic carbocycles. The summed E-state index contributed by atoms with van der Waals surface area (Å²) in [6.45, 7) is 5.62. The second kappa shape index (κ2) is 11.6.